The summed E-state index contributed by atoms with van der Waals surface area (Å²) >= 11 is 5.81. The molecule has 1 N–H and O–H groups in total. The fraction of sp³-hybridized carbons (Fsp3) is 0.385. The first-order chi connectivity index (χ1) is 9.38. The molecule has 7 heteroatoms. The van der Waals surface area contributed by atoms with Crippen molar-refractivity contribution in [1.29, 1.82) is 0 Å². The maximum absolute atomic E-state index is 13.8. The molecular formula is C13H16ClFN2O2S. The molecule has 1 rings (SSSR count). The van der Waals surface area contributed by atoms with Crippen LogP contribution in [0.4, 0.5) is 4.39 Å². The highest BCUT2D eigenvalue weighted by molar-refractivity contribution is 7.89. The third-order valence-corrected chi connectivity index (χ3v) is 5.02. The Hall–Kier alpha value is -1.13. The molecular weight excluding hydrogens is 303 g/mol. The number of sulfonamides is 1. The molecule has 4 nitrogen and oxygen atoms in total. The molecule has 0 amide bonds. The largest absolute Gasteiger partial charge is 0.316 e. The summed E-state index contributed by atoms with van der Waals surface area (Å²) in [4.78, 5) is -0.151. The van der Waals surface area contributed by atoms with E-state index < -0.39 is 15.8 Å². The zero-order chi connectivity index (χ0) is 15.3. The van der Waals surface area contributed by atoms with Crippen molar-refractivity contribution in [3.63, 3.8) is 0 Å². The maximum Gasteiger partial charge on any atom is 0.244 e. The van der Waals surface area contributed by atoms with Crippen molar-refractivity contribution in [3.8, 4) is 12.3 Å². The predicted molar refractivity (Wildman–Crippen MR) is 77.4 cm³/mol. The van der Waals surface area contributed by atoms with E-state index in [9.17, 15) is 12.8 Å². The molecule has 110 valence electrons. The molecule has 0 fully saturated rings. The van der Waals surface area contributed by atoms with Crippen LogP contribution in [0.3, 0.4) is 0 Å². The number of rotatable bonds is 6. The normalized spacial score (nSPS) is 11.6. The molecule has 0 aliphatic rings. The van der Waals surface area contributed by atoms with Gasteiger partial charge in [-0.05, 0) is 24.7 Å². The van der Waals surface area contributed by atoms with Gasteiger partial charge in [0, 0.05) is 13.1 Å². The number of nitrogens with one attached hydrogen (secondary N) is 1. The molecule has 20 heavy (non-hydrogen) atoms. The Morgan fingerprint density at radius 3 is 2.65 bits per heavy atom. The van der Waals surface area contributed by atoms with Crippen molar-refractivity contribution in [2.75, 3.05) is 20.1 Å². The van der Waals surface area contributed by atoms with Crippen molar-refractivity contribution >= 4 is 21.6 Å². The van der Waals surface area contributed by atoms with Crippen LogP contribution >= 0.6 is 11.6 Å². The van der Waals surface area contributed by atoms with E-state index in [0.29, 0.717) is 5.56 Å². The van der Waals surface area contributed by atoms with Gasteiger partial charge in [0.05, 0.1) is 16.5 Å². The summed E-state index contributed by atoms with van der Waals surface area (Å²) in [7, 11) is -2.17. The average Bonchev–Trinajstić information content (AvgIpc) is 2.40. The van der Waals surface area contributed by atoms with Crippen LogP contribution in [-0.4, -0.2) is 32.9 Å². The predicted octanol–water partition coefficient (Wildman–Crippen LogP) is 1.84. The number of terminal acetylenes is 1. The summed E-state index contributed by atoms with van der Waals surface area (Å²) in [6.45, 7) is 2.07. The summed E-state index contributed by atoms with van der Waals surface area (Å²) in [5.41, 5.74) is 0.379. The van der Waals surface area contributed by atoms with Crippen LogP contribution in [0.25, 0.3) is 0 Å². The lowest BCUT2D eigenvalue weighted by Gasteiger charge is -2.19. The fourth-order valence-corrected chi connectivity index (χ4v) is 3.31. The molecule has 0 radical (unpaired) electrons. The third-order valence-electron chi connectivity index (χ3n) is 2.70. The minimum atomic E-state index is -3.83. The lowest BCUT2D eigenvalue weighted by molar-refractivity contribution is 0.463. The fourth-order valence-electron chi connectivity index (χ4n) is 1.70. The smallest absolute Gasteiger partial charge is 0.244 e. The van der Waals surface area contributed by atoms with E-state index in [-0.39, 0.29) is 29.6 Å². The van der Waals surface area contributed by atoms with Gasteiger partial charge >= 0.3 is 0 Å². The molecule has 0 bridgehead atoms. The summed E-state index contributed by atoms with van der Waals surface area (Å²) in [6, 6.07) is 2.27. The van der Waals surface area contributed by atoms with Crippen molar-refractivity contribution in [2.24, 2.45) is 0 Å². The van der Waals surface area contributed by atoms with Gasteiger partial charge in [0.2, 0.25) is 10.0 Å². The van der Waals surface area contributed by atoms with Crippen LogP contribution in [0.1, 0.15) is 12.5 Å². The molecule has 0 unspecified atom stereocenters. The maximum atomic E-state index is 13.8. The van der Waals surface area contributed by atoms with E-state index in [1.54, 1.807) is 14.0 Å². The van der Waals surface area contributed by atoms with Crippen LogP contribution in [0.5, 0.6) is 0 Å². The molecule has 0 aromatic heterocycles. The Kier molecular flexibility index (Phi) is 5.96. The highest BCUT2D eigenvalue weighted by Gasteiger charge is 2.24. The van der Waals surface area contributed by atoms with Crippen LogP contribution in [-0.2, 0) is 16.6 Å². The van der Waals surface area contributed by atoms with Crippen LogP contribution < -0.4 is 5.32 Å². The van der Waals surface area contributed by atoms with Crippen molar-refractivity contribution in [1.82, 2.24) is 9.62 Å². The van der Waals surface area contributed by atoms with Gasteiger partial charge in [0.25, 0.3) is 0 Å². The minimum absolute atomic E-state index is 0.0650. The number of nitrogens with zero attached hydrogens (tertiary/aromatic N) is 1. The van der Waals surface area contributed by atoms with E-state index in [1.807, 2.05) is 0 Å². The van der Waals surface area contributed by atoms with E-state index >= 15 is 0 Å². The van der Waals surface area contributed by atoms with E-state index in [0.717, 1.165) is 10.4 Å². The first-order valence-electron chi connectivity index (χ1n) is 5.94. The number of benzene rings is 1. The summed E-state index contributed by atoms with van der Waals surface area (Å²) < 4.78 is 39.6. The Morgan fingerprint density at radius 1 is 1.50 bits per heavy atom. The summed E-state index contributed by atoms with van der Waals surface area (Å²) in [5, 5.41) is 2.72. The highest BCUT2D eigenvalue weighted by atomic mass is 35.5. The van der Waals surface area contributed by atoms with Gasteiger partial charge in [0.15, 0.2) is 0 Å². The molecule has 0 atom stereocenters. The molecule has 0 heterocycles. The average molecular weight is 319 g/mol. The van der Waals surface area contributed by atoms with Gasteiger partial charge in [-0.15, -0.1) is 6.42 Å². The Bertz CT molecular complexity index is 626. The second-order valence-electron chi connectivity index (χ2n) is 4.04. The molecule has 0 aliphatic heterocycles. The number of hydrogen-bond donors (Lipinski definition) is 1. The minimum Gasteiger partial charge on any atom is -0.316 e. The van der Waals surface area contributed by atoms with Crippen LogP contribution in [0.15, 0.2) is 17.0 Å². The Labute approximate surface area is 124 Å². The molecule has 0 aliphatic carbocycles. The second-order valence-corrected chi connectivity index (χ2v) is 6.36. The second kappa shape index (κ2) is 7.04. The zero-order valence-electron chi connectivity index (χ0n) is 11.3. The standard InChI is InChI=1S/C13H16ClFN2O2S/c1-4-6-17(5-2)20(18,19)11-7-10(9-16-3)13(14)12(15)8-11/h1,7-8,16H,5-6,9H2,2-3H3. The first-order valence-corrected chi connectivity index (χ1v) is 7.76. The third kappa shape index (κ3) is 3.49. The number of halogens is 2. The van der Waals surface area contributed by atoms with Crippen molar-refractivity contribution in [3.05, 3.63) is 28.5 Å². The zero-order valence-corrected chi connectivity index (χ0v) is 12.9. The molecule has 0 spiro atoms. The van der Waals surface area contributed by atoms with E-state index in [2.05, 4.69) is 11.2 Å². The molecule has 1 aromatic rings. The van der Waals surface area contributed by atoms with Gasteiger partial charge < -0.3 is 5.32 Å². The molecule has 0 saturated heterocycles. The molecule has 1 aromatic carbocycles. The quantitative estimate of drug-likeness (QED) is 0.814. The SMILES string of the molecule is C#CCN(CC)S(=O)(=O)c1cc(F)c(Cl)c(CNC)c1. The lowest BCUT2D eigenvalue weighted by Crippen LogP contribution is -2.31. The Balaban J connectivity index is 3.35. The first kappa shape index (κ1) is 16.9. The van der Waals surface area contributed by atoms with Gasteiger partial charge in [-0.3, -0.25) is 0 Å². The lowest BCUT2D eigenvalue weighted by atomic mass is 10.2. The number of hydrogen-bond acceptors (Lipinski definition) is 3. The van der Waals surface area contributed by atoms with Crippen LogP contribution in [0.2, 0.25) is 5.02 Å². The van der Waals surface area contributed by atoms with Gasteiger partial charge in [-0.2, -0.15) is 4.31 Å². The van der Waals surface area contributed by atoms with Crippen molar-refractivity contribution < 1.29 is 12.8 Å². The molecule has 0 saturated carbocycles. The topological polar surface area (TPSA) is 49.4 Å². The summed E-state index contributed by atoms with van der Waals surface area (Å²) in [6.07, 6.45) is 5.15. The van der Waals surface area contributed by atoms with Gasteiger partial charge in [0.1, 0.15) is 5.82 Å². The van der Waals surface area contributed by atoms with Crippen LogP contribution in [0, 0.1) is 18.2 Å². The van der Waals surface area contributed by atoms with Gasteiger partial charge in [-0.1, -0.05) is 24.4 Å². The van der Waals surface area contributed by atoms with Crippen molar-refractivity contribution in [2.45, 2.75) is 18.4 Å². The highest BCUT2D eigenvalue weighted by Crippen LogP contribution is 2.26. The Morgan fingerprint density at radius 2 is 2.15 bits per heavy atom. The monoisotopic (exact) mass is 318 g/mol. The van der Waals surface area contributed by atoms with Gasteiger partial charge in [-0.25, -0.2) is 12.8 Å². The summed E-state index contributed by atoms with van der Waals surface area (Å²) in [5.74, 6) is 1.51. The van der Waals surface area contributed by atoms with E-state index in [1.165, 1.54) is 6.07 Å². The van der Waals surface area contributed by atoms with E-state index in [4.69, 9.17) is 18.0 Å².